The van der Waals surface area contributed by atoms with E-state index in [1.165, 1.54) is 6.07 Å². The third-order valence-electron chi connectivity index (χ3n) is 2.92. The van der Waals surface area contributed by atoms with Crippen LogP contribution in [0.5, 0.6) is 17.2 Å². The van der Waals surface area contributed by atoms with Gasteiger partial charge in [-0.1, -0.05) is 11.6 Å². The molecule has 3 nitrogen and oxygen atoms in total. The Bertz CT molecular complexity index is 680. The third-order valence-corrected chi connectivity index (χ3v) is 4.99. The Kier molecular flexibility index (Phi) is 5.50. The van der Waals surface area contributed by atoms with Crippen molar-refractivity contribution >= 4 is 59.4 Å². The van der Waals surface area contributed by atoms with Crippen LogP contribution >= 0.6 is 59.4 Å². The van der Waals surface area contributed by atoms with Crippen LogP contribution < -0.4 is 4.74 Å². The Balaban J connectivity index is 2.43. The van der Waals surface area contributed by atoms with E-state index in [1.807, 2.05) is 0 Å². The predicted molar refractivity (Wildman–Crippen MR) is 98.0 cm³/mol. The second-order valence-corrected chi connectivity index (χ2v) is 8.14. The summed E-state index contributed by atoms with van der Waals surface area (Å²) >= 11 is 16.0. The fourth-order valence-electron chi connectivity index (χ4n) is 1.73. The minimum atomic E-state index is -0.964. The molecule has 7 heteroatoms. The van der Waals surface area contributed by atoms with Gasteiger partial charge in [0.1, 0.15) is 11.5 Å². The monoisotopic (exact) mass is 512 g/mol. The van der Waals surface area contributed by atoms with E-state index in [0.29, 0.717) is 24.9 Å². The van der Waals surface area contributed by atoms with E-state index in [4.69, 9.17) is 16.3 Å². The van der Waals surface area contributed by atoms with E-state index in [0.717, 1.165) is 5.56 Å². The third kappa shape index (κ3) is 3.97. The highest BCUT2D eigenvalue weighted by molar-refractivity contribution is 9.11. The van der Waals surface area contributed by atoms with Crippen LogP contribution in [0, 0.1) is 0 Å². The van der Waals surface area contributed by atoms with Crippen molar-refractivity contribution in [2.45, 2.75) is 19.4 Å². The highest BCUT2D eigenvalue weighted by Gasteiger charge is 2.20. The first kappa shape index (κ1) is 18.1. The summed E-state index contributed by atoms with van der Waals surface area (Å²) in [6.07, 6.45) is 0. The fraction of sp³-hybridized carbons (Fsp3) is 0.200. The summed E-state index contributed by atoms with van der Waals surface area (Å²) in [5.74, 6) is 0.971. The van der Waals surface area contributed by atoms with Gasteiger partial charge in [0.2, 0.25) is 0 Å². The summed E-state index contributed by atoms with van der Waals surface area (Å²) in [5, 5.41) is 19.9. The number of aliphatic hydroxyl groups is 1. The van der Waals surface area contributed by atoms with Crippen molar-refractivity contribution in [1.82, 2.24) is 0 Å². The first-order chi connectivity index (χ1) is 10.1. The van der Waals surface area contributed by atoms with Crippen molar-refractivity contribution < 1.29 is 14.9 Å². The van der Waals surface area contributed by atoms with Gasteiger partial charge >= 0.3 is 0 Å². The van der Waals surface area contributed by atoms with Gasteiger partial charge < -0.3 is 14.9 Å². The summed E-state index contributed by atoms with van der Waals surface area (Å²) < 4.78 is 7.62. The summed E-state index contributed by atoms with van der Waals surface area (Å²) in [6, 6.07) is 6.71. The van der Waals surface area contributed by atoms with Crippen LogP contribution in [0.2, 0.25) is 5.02 Å². The molecule has 0 atom stereocenters. The molecule has 0 spiro atoms. The number of rotatable bonds is 3. The second-order valence-electron chi connectivity index (χ2n) is 5.17. The lowest BCUT2D eigenvalue weighted by Crippen LogP contribution is -2.15. The molecule has 0 amide bonds. The molecule has 0 saturated heterocycles. The van der Waals surface area contributed by atoms with Crippen molar-refractivity contribution in [2.75, 3.05) is 0 Å². The smallest absolute Gasteiger partial charge is 0.155 e. The SMILES string of the molecule is CC(C)(O)c1cc(Br)c(Oc2cc(Cl)c(O)c(Br)c2)c(Br)c1. The van der Waals surface area contributed by atoms with Crippen LogP contribution in [-0.2, 0) is 5.60 Å². The number of aromatic hydroxyl groups is 1. The van der Waals surface area contributed by atoms with E-state index in [9.17, 15) is 10.2 Å². The van der Waals surface area contributed by atoms with Gasteiger partial charge in [-0.3, -0.25) is 0 Å². The second kappa shape index (κ2) is 6.69. The van der Waals surface area contributed by atoms with Gasteiger partial charge in [0, 0.05) is 6.07 Å². The van der Waals surface area contributed by atoms with Gasteiger partial charge in [-0.05, 0) is 85.4 Å². The number of phenolic OH excluding ortho intramolecular Hbond substituents is 1. The zero-order valence-electron chi connectivity index (χ0n) is 11.6. The average Bonchev–Trinajstić information content (AvgIpc) is 2.38. The van der Waals surface area contributed by atoms with Crippen molar-refractivity contribution in [1.29, 1.82) is 0 Å². The number of hydrogen-bond donors (Lipinski definition) is 2. The molecule has 118 valence electrons. The highest BCUT2D eigenvalue weighted by Crippen LogP contribution is 2.42. The first-order valence-corrected chi connectivity index (χ1v) is 8.93. The molecule has 0 heterocycles. The molecule has 2 N–H and O–H groups in total. The maximum Gasteiger partial charge on any atom is 0.155 e. The van der Waals surface area contributed by atoms with E-state index >= 15 is 0 Å². The molecule has 2 rings (SSSR count). The largest absolute Gasteiger partial charge is 0.505 e. The lowest BCUT2D eigenvalue weighted by Gasteiger charge is -2.20. The van der Waals surface area contributed by atoms with Crippen molar-refractivity contribution in [3.8, 4) is 17.2 Å². The normalized spacial score (nSPS) is 11.6. The molecule has 0 bridgehead atoms. The molecule has 2 aromatic rings. The van der Waals surface area contributed by atoms with Crippen molar-refractivity contribution in [3.63, 3.8) is 0 Å². The van der Waals surface area contributed by atoms with Crippen molar-refractivity contribution in [2.24, 2.45) is 0 Å². The topological polar surface area (TPSA) is 49.7 Å². The highest BCUT2D eigenvalue weighted by atomic mass is 79.9. The predicted octanol–water partition coefficient (Wildman–Crippen LogP) is 6.35. The number of hydrogen-bond acceptors (Lipinski definition) is 3. The van der Waals surface area contributed by atoms with Gasteiger partial charge in [0.05, 0.1) is 24.0 Å². The fourth-order valence-corrected chi connectivity index (χ4v) is 3.84. The van der Waals surface area contributed by atoms with Crippen LogP contribution in [-0.4, -0.2) is 10.2 Å². The molecule has 0 saturated carbocycles. The van der Waals surface area contributed by atoms with E-state index in [-0.39, 0.29) is 10.8 Å². The Hall–Kier alpha value is -0.270. The Morgan fingerprint density at radius 2 is 1.55 bits per heavy atom. The van der Waals surface area contributed by atoms with Crippen LogP contribution in [0.25, 0.3) is 0 Å². The molecule has 0 unspecified atom stereocenters. The zero-order chi connectivity index (χ0) is 16.7. The molecule has 0 aliphatic carbocycles. The Morgan fingerprint density at radius 3 is 2.00 bits per heavy atom. The molecule has 0 aliphatic rings. The summed E-state index contributed by atoms with van der Waals surface area (Å²) in [6.45, 7) is 3.41. The first-order valence-electron chi connectivity index (χ1n) is 6.17. The summed E-state index contributed by atoms with van der Waals surface area (Å²) in [5.41, 5.74) is -0.224. The molecular formula is C15H12Br3ClO3. The number of phenols is 1. The molecule has 22 heavy (non-hydrogen) atoms. The molecule has 0 fully saturated rings. The molecular weight excluding hydrogens is 503 g/mol. The minimum absolute atomic E-state index is 0.0375. The lowest BCUT2D eigenvalue weighted by molar-refractivity contribution is 0.0784. The average molecular weight is 515 g/mol. The zero-order valence-corrected chi connectivity index (χ0v) is 17.1. The Labute approximate surface area is 158 Å². The maximum atomic E-state index is 10.1. The standard InChI is InChI=1S/C15H12Br3ClO3/c1-15(2,21)7-3-10(17)14(11(18)4-7)22-8-5-9(16)13(20)12(19)6-8/h3-6,20-21H,1-2H3. The molecule has 0 aromatic heterocycles. The van der Waals surface area contributed by atoms with E-state index in [1.54, 1.807) is 32.0 Å². The summed E-state index contributed by atoms with van der Waals surface area (Å²) in [7, 11) is 0. The Morgan fingerprint density at radius 1 is 1.00 bits per heavy atom. The number of halogens is 4. The number of benzene rings is 2. The molecule has 2 aromatic carbocycles. The lowest BCUT2D eigenvalue weighted by atomic mass is 9.99. The van der Waals surface area contributed by atoms with Gasteiger partial charge in [-0.15, -0.1) is 0 Å². The van der Waals surface area contributed by atoms with Gasteiger partial charge in [-0.25, -0.2) is 0 Å². The van der Waals surface area contributed by atoms with Crippen LogP contribution in [0.3, 0.4) is 0 Å². The minimum Gasteiger partial charge on any atom is -0.505 e. The quantitative estimate of drug-likeness (QED) is 0.501. The van der Waals surface area contributed by atoms with Crippen LogP contribution in [0.1, 0.15) is 19.4 Å². The van der Waals surface area contributed by atoms with Gasteiger partial charge in [-0.2, -0.15) is 0 Å². The summed E-state index contributed by atoms with van der Waals surface area (Å²) in [4.78, 5) is 0. The van der Waals surface area contributed by atoms with E-state index < -0.39 is 5.60 Å². The molecule has 0 aliphatic heterocycles. The van der Waals surface area contributed by atoms with Crippen LogP contribution in [0.15, 0.2) is 37.7 Å². The van der Waals surface area contributed by atoms with Crippen LogP contribution in [0.4, 0.5) is 0 Å². The van der Waals surface area contributed by atoms with Crippen molar-refractivity contribution in [3.05, 3.63) is 48.3 Å². The van der Waals surface area contributed by atoms with Gasteiger partial charge in [0.15, 0.2) is 5.75 Å². The van der Waals surface area contributed by atoms with E-state index in [2.05, 4.69) is 47.8 Å². The molecule has 0 radical (unpaired) electrons. The maximum absolute atomic E-state index is 10.1. The van der Waals surface area contributed by atoms with Gasteiger partial charge in [0.25, 0.3) is 0 Å². The number of ether oxygens (including phenoxy) is 1.